The standard InChI is InChI=1S/C26H23Cl2N7O/c27-22-11-6-16(12-23(22)28)15-36-19-9-7-17(8-10-19)20-13-29-26-21(25-31-33-34-32-25)14-30-35(26)24(20)18-4-2-1-3-5-18/h6-14,18H,1-5,15H2,(H,31,32,33,34). The molecular weight excluding hydrogens is 497 g/mol. The second kappa shape index (κ2) is 9.87. The number of aromatic amines is 1. The molecule has 0 bridgehead atoms. The molecule has 3 aromatic heterocycles. The average molecular weight is 520 g/mol. The summed E-state index contributed by atoms with van der Waals surface area (Å²) in [6.45, 7) is 0.406. The Morgan fingerprint density at radius 1 is 0.944 bits per heavy atom. The van der Waals surface area contributed by atoms with Gasteiger partial charge in [0.15, 0.2) is 11.5 Å². The smallest absolute Gasteiger partial charge is 0.184 e. The number of hydrogen-bond donors (Lipinski definition) is 1. The van der Waals surface area contributed by atoms with E-state index in [0.717, 1.165) is 46.5 Å². The minimum absolute atomic E-state index is 0.406. The van der Waals surface area contributed by atoms with E-state index in [1.807, 2.05) is 35.0 Å². The van der Waals surface area contributed by atoms with E-state index in [9.17, 15) is 0 Å². The number of nitrogens with one attached hydrogen (secondary N) is 1. The van der Waals surface area contributed by atoms with Crippen molar-refractivity contribution in [3.05, 3.63) is 76.2 Å². The molecule has 0 amide bonds. The van der Waals surface area contributed by atoms with Crippen LogP contribution in [0.5, 0.6) is 5.75 Å². The van der Waals surface area contributed by atoms with Crippen molar-refractivity contribution >= 4 is 28.8 Å². The van der Waals surface area contributed by atoms with E-state index in [0.29, 0.717) is 28.4 Å². The van der Waals surface area contributed by atoms with Crippen molar-refractivity contribution in [3.63, 3.8) is 0 Å². The molecule has 3 heterocycles. The number of nitrogens with zero attached hydrogens (tertiary/aromatic N) is 6. The van der Waals surface area contributed by atoms with Gasteiger partial charge in [-0.2, -0.15) is 5.10 Å². The quantitative estimate of drug-likeness (QED) is 0.274. The zero-order valence-electron chi connectivity index (χ0n) is 19.4. The summed E-state index contributed by atoms with van der Waals surface area (Å²) < 4.78 is 7.95. The predicted molar refractivity (Wildman–Crippen MR) is 138 cm³/mol. The van der Waals surface area contributed by atoms with Crippen molar-refractivity contribution in [2.24, 2.45) is 0 Å². The lowest BCUT2D eigenvalue weighted by Crippen LogP contribution is -2.12. The molecule has 0 atom stereocenters. The zero-order chi connectivity index (χ0) is 24.5. The molecule has 0 saturated heterocycles. The first-order valence-electron chi connectivity index (χ1n) is 12.0. The number of halogens is 2. The average Bonchev–Trinajstić information content (AvgIpc) is 3.60. The van der Waals surface area contributed by atoms with Gasteiger partial charge in [-0.25, -0.2) is 14.6 Å². The minimum atomic E-state index is 0.406. The fraction of sp³-hybridized carbons (Fsp3) is 0.269. The van der Waals surface area contributed by atoms with Crippen molar-refractivity contribution in [2.75, 3.05) is 0 Å². The van der Waals surface area contributed by atoms with Gasteiger partial charge in [-0.05, 0) is 58.7 Å². The molecule has 0 radical (unpaired) electrons. The molecule has 1 fully saturated rings. The molecule has 2 aromatic carbocycles. The van der Waals surface area contributed by atoms with Gasteiger partial charge in [0.25, 0.3) is 0 Å². The number of fused-ring (bicyclic) bond motifs is 1. The Kier molecular flexibility index (Phi) is 6.29. The van der Waals surface area contributed by atoms with Crippen LogP contribution in [0.3, 0.4) is 0 Å². The van der Waals surface area contributed by atoms with Crippen molar-refractivity contribution < 1.29 is 4.74 Å². The Morgan fingerprint density at radius 3 is 2.53 bits per heavy atom. The Labute approximate surface area is 217 Å². The maximum Gasteiger partial charge on any atom is 0.184 e. The topological polar surface area (TPSA) is 93.9 Å². The first-order valence-corrected chi connectivity index (χ1v) is 12.7. The normalized spacial score (nSPS) is 14.4. The van der Waals surface area contributed by atoms with Crippen LogP contribution in [-0.4, -0.2) is 35.2 Å². The summed E-state index contributed by atoms with van der Waals surface area (Å²) in [6, 6.07) is 13.6. The Bertz CT molecular complexity index is 1490. The summed E-state index contributed by atoms with van der Waals surface area (Å²) in [7, 11) is 0. The number of ether oxygens (including phenoxy) is 1. The van der Waals surface area contributed by atoms with Crippen LogP contribution in [0.4, 0.5) is 0 Å². The van der Waals surface area contributed by atoms with Crippen LogP contribution in [0.25, 0.3) is 28.2 Å². The highest BCUT2D eigenvalue weighted by molar-refractivity contribution is 6.42. The van der Waals surface area contributed by atoms with Crippen LogP contribution >= 0.6 is 23.2 Å². The molecule has 36 heavy (non-hydrogen) atoms. The number of H-pyrrole nitrogens is 1. The van der Waals surface area contributed by atoms with Crippen LogP contribution in [-0.2, 0) is 6.61 Å². The van der Waals surface area contributed by atoms with Gasteiger partial charge in [-0.15, -0.1) is 5.10 Å². The molecule has 1 saturated carbocycles. The highest BCUT2D eigenvalue weighted by atomic mass is 35.5. The first-order chi connectivity index (χ1) is 17.7. The van der Waals surface area contributed by atoms with E-state index in [4.69, 9.17) is 38.0 Å². The Balaban J connectivity index is 1.33. The molecule has 182 valence electrons. The van der Waals surface area contributed by atoms with E-state index in [1.165, 1.54) is 25.0 Å². The van der Waals surface area contributed by atoms with Gasteiger partial charge in [-0.3, -0.25) is 0 Å². The van der Waals surface area contributed by atoms with Crippen molar-refractivity contribution in [1.82, 2.24) is 35.2 Å². The number of benzene rings is 2. The van der Waals surface area contributed by atoms with Gasteiger partial charge in [0.2, 0.25) is 0 Å². The third-order valence-corrected chi connectivity index (χ3v) is 7.45. The molecule has 0 spiro atoms. The largest absolute Gasteiger partial charge is 0.489 e. The fourth-order valence-electron chi connectivity index (χ4n) is 4.91. The SMILES string of the molecule is Clc1ccc(COc2ccc(-c3cnc4c(-c5nnn[nH]5)cnn4c3C3CCCCC3)cc2)cc1Cl. The second-order valence-corrected chi connectivity index (χ2v) is 9.81. The second-order valence-electron chi connectivity index (χ2n) is 9.00. The maximum absolute atomic E-state index is 6.12. The van der Waals surface area contributed by atoms with Gasteiger partial charge in [-0.1, -0.05) is 60.7 Å². The summed E-state index contributed by atoms with van der Waals surface area (Å²) in [5.41, 5.74) is 5.83. The van der Waals surface area contributed by atoms with Gasteiger partial charge >= 0.3 is 0 Å². The monoisotopic (exact) mass is 519 g/mol. The molecular formula is C26H23Cl2N7O. The summed E-state index contributed by atoms with van der Waals surface area (Å²) in [5, 5.41) is 20.1. The molecule has 0 unspecified atom stereocenters. The predicted octanol–water partition coefficient (Wildman–Crippen LogP) is 6.51. The summed E-state index contributed by atoms with van der Waals surface area (Å²) >= 11 is 12.1. The lowest BCUT2D eigenvalue weighted by molar-refractivity contribution is 0.306. The summed E-state index contributed by atoms with van der Waals surface area (Å²) in [4.78, 5) is 4.77. The van der Waals surface area contributed by atoms with Crippen molar-refractivity contribution in [1.29, 1.82) is 0 Å². The molecule has 1 aliphatic rings. The van der Waals surface area contributed by atoms with Gasteiger partial charge in [0.1, 0.15) is 12.4 Å². The zero-order valence-corrected chi connectivity index (χ0v) is 20.9. The third kappa shape index (κ3) is 4.42. The molecule has 0 aliphatic heterocycles. The number of rotatable bonds is 6. The van der Waals surface area contributed by atoms with Crippen LogP contribution in [0.15, 0.2) is 54.9 Å². The lowest BCUT2D eigenvalue weighted by Gasteiger charge is -2.25. The van der Waals surface area contributed by atoms with E-state index in [-0.39, 0.29) is 0 Å². The molecule has 1 N–H and O–H groups in total. The van der Waals surface area contributed by atoms with Crippen LogP contribution in [0.1, 0.15) is 49.3 Å². The van der Waals surface area contributed by atoms with Crippen LogP contribution in [0.2, 0.25) is 10.0 Å². The van der Waals surface area contributed by atoms with Gasteiger partial charge in [0.05, 0.1) is 27.5 Å². The van der Waals surface area contributed by atoms with Gasteiger partial charge in [0, 0.05) is 17.7 Å². The Morgan fingerprint density at radius 2 is 1.78 bits per heavy atom. The molecule has 10 heteroatoms. The van der Waals surface area contributed by atoms with Crippen LogP contribution < -0.4 is 4.74 Å². The van der Waals surface area contributed by atoms with Crippen molar-refractivity contribution in [2.45, 2.75) is 44.6 Å². The number of aromatic nitrogens is 7. The molecule has 8 nitrogen and oxygen atoms in total. The summed E-state index contributed by atoms with van der Waals surface area (Å²) in [5.74, 6) is 1.74. The van der Waals surface area contributed by atoms with Crippen molar-refractivity contribution in [3.8, 4) is 28.3 Å². The molecule has 1 aliphatic carbocycles. The third-order valence-electron chi connectivity index (χ3n) is 6.71. The highest BCUT2D eigenvalue weighted by Crippen LogP contribution is 2.39. The van der Waals surface area contributed by atoms with E-state index in [2.05, 4.69) is 32.8 Å². The number of hydrogen-bond acceptors (Lipinski definition) is 6. The maximum atomic E-state index is 6.12. The highest BCUT2D eigenvalue weighted by Gasteiger charge is 2.25. The molecule has 6 rings (SSSR count). The van der Waals surface area contributed by atoms with Crippen LogP contribution in [0, 0.1) is 0 Å². The minimum Gasteiger partial charge on any atom is -0.489 e. The first kappa shape index (κ1) is 22.9. The van der Waals surface area contributed by atoms with E-state index in [1.54, 1.807) is 12.3 Å². The molecule has 5 aromatic rings. The fourth-order valence-corrected chi connectivity index (χ4v) is 5.23. The summed E-state index contributed by atoms with van der Waals surface area (Å²) in [6.07, 6.45) is 9.70. The Hall–Kier alpha value is -3.49. The lowest BCUT2D eigenvalue weighted by atomic mass is 9.84. The van der Waals surface area contributed by atoms with E-state index >= 15 is 0 Å². The van der Waals surface area contributed by atoms with Gasteiger partial charge < -0.3 is 4.74 Å². The number of tetrazole rings is 1. The van der Waals surface area contributed by atoms with E-state index < -0.39 is 0 Å².